The molecule has 0 saturated carbocycles. The predicted octanol–water partition coefficient (Wildman–Crippen LogP) is 4.19. The number of aliphatic carboxylic acids is 1. The van der Waals surface area contributed by atoms with E-state index in [2.05, 4.69) is 20.8 Å². The fourth-order valence-electron chi connectivity index (χ4n) is 3.43. The van der Waals surface area contributed by atoms with Crippen molar-refractivity contribution < 1.29 is 24.2 Å². The first-order chi connectivity index (χ1) is 12.3. The standard InChI is InChI=1S/C21H30O5/c1-14(2)15-7-9-16(19(22)23)6-5-13-21(3)18(26-21)12-11-17(10-8-15)20(24)25-4/h6,8,10,14,18H,5,7,9,11-13H2,1-4H3,(H,22,23)/b15-8+,16-6-,17-10-/t18-,21-/m0/s1. The summed E-state index contributed by atoms with van der Waals surface area (Å²) in [5.41, 5.74) is 1.99. The number of carbonyl (C=O) groups excluding carboxylic acids is 1. The number of carboxylic acids is 1. The maximum atomic E-state index is 12.1. The van der Waals surface area contributed by atoms with Crippen LogP contribution >= 0.6 is 0 Å². The number of fused-ring (bicyclic) bond motifs is 1. The van der Waals surface area contributed by atoms with E-state index in [0.29, 0.717) is 36.8 Å². The Morgan fingerprint density at radius 3 is 2.58 bits per heavy atom. The zero-order valence-corrected chi connectivity index (χ0v) is 16.2. The maximum Gasteiger partial charge on any atom is 0.333 e. The second-order valence-corrected chi connectivity index (χ2v) is 7.61. The van der Waals surface area contributed by atoms with Gasteiger partial charge in [0.2, 0.25) is 0 Å². The number of hydrogen-bond donors (Lipinski definition) is 1. The zero-order valence-electron chi connectivity index (χ0n) is 16.2. The molecule has 26 heavy (non-hydrogen) atoms. The summed E-state index contributed by atoms with van der Waals surface area (Å²) in [5, 5.41) is 9.46. The zero-order chi connectivity index (χ0) is 19.3. The van der Waals surface area contributed by atoms with Crippen molar-refractivity contribution >= 4 is 11.9 Å². The Labute approximate surface area is 155 Å². The van der Waals surface area contributed by atoms with Gasteiger partial charge in [0.25, 0.3) is 0 Å². The molecule has 2 aliphatic rings. The lowest BCUT2D eigenvalue weighted by Gasteiger charge is -2.13. The van der Waals surface area contributed by atoms with Gasteiger partial charge >= 0.3 is 11.9 Å². The molecule has 0 spiro atoms. The Balaban J connectivity index is 2.30. The molecule has 1 aliphatic carbocycles. The smallest absolute Gasteiger partial charge is 0.333 e. The molecule has 1 fully saturated rings. The number of epoxide rings is 1. The number of carboxylic acid groups (broad SMARTS) is 1. The van der Waals surface area contributed by atoms with Crippen molar-refractivity contribution in [1.82, 2.24) is 0 Å². The van der Waals surface area contributed by atoms with E-state index < -0.39 is 5.97 Å². The van der Waals surface area contributed by atoms with Crippen LogP contribution in [0.15, 0.2) is 34.9 Å². The van der Waals surface area contributed by atoms with E-state index in [9.17, 15) is 14.7 Å². The molecule has 0 aromatic heterocycles. The van der Waals surface area contributed by atoms with Crippen molar-refractivity contribution in [2.24, 2.45) is 5.92 Å². The summed E-state index contributed by atoms with van der Waals surface area (Å²) in [4.78, 5) is 23.6. The monoisotopic (exact) mass is 362 g/mol. The number of allylic oxidation sites excluding steroid dienone is 4. The highest BCUT2D eigenvalue weighted by atomic mass is 16.6. The first-order valence-electron chi connectivity index (χ1n) is 9.35. The predicted molar refractivity (Wildman–Crippen MR) is 99.7 cm³/mol. The van der Waals surface area contributed by atoms with Gasteiger partial charge in [0.05, 0.1) is 18.8 Å². The Morgan fingerprint density at radius 1 is 1.23 bits per heavy atom. The van der Waals surface area contributed by atoms with Crippen LogP contribution in [0.25, 0.3) is 0 Å². The van der Waals surface area contributed by atoms with Gasteiger partial charge in [-0.1, -0.05) is 37.6 Å². The van der Waals surface area contributed by atoms with E-state index in [4.69, 9.17) is 9.47 Å². The second-order valence-electron chi connectivity index (χ2n) is 7.61. The molecule has 1 heterocycles. The molecule has 2 atom stereocenters. The van der Waals surface area contributed by atoms with Crippen LogP contribution in [0.2, 0.25) is 0 Å². The average molecular weight is 362 g/mol. The molecule has 0 aromatic carbocycles. The molecule has 1 aliphatic heterocycles. The molecule has 0 unspecified atom stereocenters. The van der Waals surface area contributed by atoms with Gasteiger partial charge in [-0.05, 0) is 51.4 Å². The molecule has 5 nitrogen and oxygen atoms in total. The van der Waals surface area contributed by atoms with Gasteiger partial charge in [-0.2, -0.15) is 0 Å². The van der Waals surface area contributed by atoms with Crippen LogP contribution in [-0.2, 0) is 19.1 Å². The molecule has 5 heteroatoms. The van der Waals surface area contributed by atoms with Crippen LogP contribution in [0.5, 0.6) is 0 Å². The molecular weight excluding hydrogens is 332 g/mol. The van der Waals surface area contributed by atoms with E-state index in [1.807, 2.05) is 18.2 Å². The SMILES string of the molecule is COC(=O)/C1=C\C=C(\C(C)C)CC/C(C(=O)O)=C/CC[C@]2(C)O[C@H]2CC1. The molecule has 1 saturated heterocycles. The van der Waals surface area contributed by atoms with Gasteiger partial charge in [-0.3, -0.25) is 0 Å². The Bertz CT molecular complexity index is 641. The lowest BCUT2D eigenvalue weighted by atomic mass is 9.92. The van der Waals surface area contributed by atoms with E-state index >= 15 is 0 Å². The molecular formula is C21H30O5. The first kappa shape index (κ1) is 20.4. The lowest BCUT2D eigenvalue weighted by Crippen LogP contribution is -2.12. The van der Waals surface area contributed by atoms with Gasteiger partial charge in [-0.15, -0.1) is 0 Å². The summed E-state index contributed by atoms with van der Waals surface area (Å²) >= 11 is 0. The molecule has 0 radical (unpaired) electrons. The summed E-state index contributed by atoms with van der Waals surface area (Å²) in [6, 6.07) is 0. The first-order valence-corrected chi connectivity index (χ1v) is 9.35. The van der Waals surface area contributed by atoms with E-state index in [1.165, 1.54) is 7.11 Å². The minimum atomic E-state index is -0.857. The Morgan fingerprint density at radius 2 is 1.96 bits per heavy atom. The summed E-state index contributed by atoms with van der Waals surface area (Å²) < 4.78 is 10.7. The molecule has 0 bridgehead atoms. The Kier molecular flexibility index (Phi) is 6.81. The van der Waals surface area contributed by atoms with Crippen molar-refractivity contribution in [2.45, 2.75) is 71.0 Å². The normalized spacial score (nSPS) is 33.4. The fraction of sp³-hybridized carbons (Fsp3) is 0.619. The number of rotatable bonds is 3. The minimum absolute atomic E-state index is 0.105. The third-order valence-electron chi connectivity index (χ3n) is 5.39. The van der Waals surface area contributed by atoms with Gasteiger partial charge < -0.3 is 14.6 Å². The van der Waals surface area contributed by atoms with Crippen molar-refractivity contribution in [3.05, 3.63) is 34.9 Å². The van der Waals surface area contributed by atoms with Gasteiger partial charge in [-0.25, -0.2) is 9.59 Å². The number of methoxy groups -OCH3 is 1. The van der Waals surface area contributed by atoms with E-state index in [0.717, 1.165) is 18.4 Å². The van der Waals surface area contributed by atoms with Crippen molar-refractivity contribution in [3.8, 4) is 0 Å². The van der Waals surface area contributed by atoms with Crippen LogP contribution < -0.4 is 0 Å². The summed E-state index contributed by atoms with van der Waals surface area (Å²) in [7, 11) is 1.39. The largest absolute Gasteiger partial charge is 0.478 e. The van der Waals surface area contributed by atoms with Gasteiger partial charge in [0, 0.05) is 11.1 Å². The molecule has 1 N–H and O–H groups in total. The highest BCUT2D eigenvalue weighted by Crippen LogP contribution is 2.43. The quantitative estimate of drug-likeness (QED) is 0.602. The number of esters is 1. The lowest BCUT2D eigenvalue weighted by molar-refractivity contribution is -0.136. The molecule has 0 aromatic rings. The molecule has 2 rings (SSSR count). The maximum absolute atomic E-state index is 12.1. The molecule has 144 valence electrons. The summed E-state index contributed by atoms with van der Waals surface area (Å²) in [6.07, 6.45) is 9.74. The number of ether oxygens (including phenoxy) is 2. The van der Waals surface area contributed by atoms with E-state index in [1.54, 1.807) is 0 Å². The Hall–Kier alpha value is -1.88. The fourth-order valence-corrected chi connectivity index (χ4v) is 3.43. The third-order valence-corrected chi connectivity index (χ3v) is 5.39. The van der Waals surface area contributed by atoms with E-state index in [-0.39, 0.29) is 23.6 Å². The van der Waals surface area contributed by atoms with Crippen molar-refractivity contribution in [1.29, 1.82) is 0 Å². The van der Waals surface area contributed by atoms with Crippen molar-refractivity contribution in [2.75, 3.05) is 7.11 Å². The summed E-state index contributed by atoms with van der Waals surface area (Å²) in [5.74, 6) is -0.891. The van der Waals surface area contributed by atoms with Gasteiger partial charge in [0.15, 0.2) is 0 Å². The minimum Gasteiger partial charge on any atom is -0.478 e. The summed E-state index contributed by atoms with van der Waals surface area (Å²) in [6.45, 7) is 6.21. The number of carbonyl (C=O) groups is 2. The molecule has 0 amide bonds. The second kappa shape index (κ2) is 8.67. The van der Waals surface area contributed by atoms with Crippen molar-refractivity contribution in [3.63, 3.8) is 0 Å². The van der Waals surface area contributed by atoms with Gasteiger partial charge in [0.1, 0.15) is 0 Å². The third kappa shape index (κ3) is 5.31. The average Bonchev–Trinajstić information content (AvgIpc) is 3.23. The van der Waals surface area contributed by atoms with Crippen LogP contribution in [0, 0.1) is 5.92 Å². The number of hydrogen-bond acceptors (Lipinski definition) is 4. The van der Waals surface area contributed by atoms with Crippen LogP contribution in [0.4, 0.5) is 0 Å². The highest BCUT2D eigenvalue weighted by Gasteiger charge is 2.50. The van der Waals surface area contributed by atoms with Crippen LogP contribution in [0.3, 0.4) is 0 Å². The van der Waals surface area contributed by atoms with Crippen LogP contribution in [-0.4, -0.2) is 35.9 Å². The van der Waals surface area contributed by atoms with Crippen LogP contribution in [0.1, 0.15) is 59.3 Å². The topological polar surface area (TPSA) is 76.1 Å². The highest BCUT2D eigenvalue weighted by molar-refractivity contribution is 5.88.